The number of amides is 5. The van der Waals surface area contributed by atoms with E-state index in [0.29, 0.717) is 30.4 Å². The summed E-state index contributed by atoms with van der Waals surface area (Å²) in [6, 6.07) is 10.8. The van der Waals surface area contributed by atoms with Crippen molar-refractivity contribution in [2.75, 3.05) is 37.4 Å². The van der Waals surface area contributed by atoms with Gasteiger partial charge >= 0.3 is 6.03 Å². The van der Waals surface area contributed by atoms with Gasteiger partial charge in [-0.15, -0.1) is 0 Å². The number of ether oxygens (including phenoxy) is 1. The van der Waals surface area contributed by atoms with Crippen LogP contribution in [0.2, 0.25) is 0 Å². The minimum atomic E-state index is -1.84. The zero-order valence-electron chi connectivity index (χ0n) is 22.9. The summed E-state index contributed by atoms with van der Waals surface area (Å²) in [5.74, 6) is -2.76. The monoisotopic (exact) mass is 575 g/mol. The van der Waals surface area contributed by atoms with Gasteiger partial charge in [0.1, 0.15) is 29.5 Å². The van der Waals surface area contributed by atoms with Gasteiger partial charge in [-0.05, 0) is 66.8 Å². The van der Waals surface area contributed by atoms with E-state index < -0.39 is 47.0 Å². The number of benzene rings is 2. The molecule has 10 nitrogen and oxygen atoms in total. The molecule has 42 heavy (non-hydrogen) atoms. The van der Waals surface area contributed by atoms with Crippen molar-refractivity contribution in [3.05, 3.63) is 88.6 Å². The molecule has 0 radical (unpaired) electrons. The molecule has 1 aromatic heterocycles. The molecule has 3 aliphatic rings. The molecule has 2 aromatic carbocycles. The van der Waals surface area contributed by atoms with Gasteiger partial charge in [0.25, 0.3) is 5.91 Å². The first-order valence-corrected chi connectivity index (χ1v) is 13.3. The lowest BCUT2D eigenvalue weighted by molar-refractivity contribution is -0.133. The molecular formula is C30H27F2N5O5. The number of imide groups is 1. The number of anilines is 2. The lowest BCUT2D eigenvalue weighted by atomic mass is 9.79. The molecule has 1 spiro atoms. The Morgan fingerprint density at radius 3 is 2.55 bits per heavy atom. The second-order valence-corrected chi connectivity index (χ2v) is 10.9. The van der Waals surface area contributed by atoms with E-state index in [2.05, 4.69) is 15.6 Å². The Balaban J connectivity index is 1.25. The fraction of sp³-hybridized carbons (Fsp3) is 0.300. The third-order valence-electron chi connectivity index (χ3n) is 8.37. The standard InChI is InChI=1S/C30H27F2N5O5/c1-29(19-11-20(31)13-21(32)12-19)27(40)36(8-9-42-2)28(41)37(29)16-24(38)34-22-6-5-17-14-30(15-18(17)10-22)23-4-3-7-33-25(23)35-26(30)39/h3-7,10-13H,8-9,14-16H2,1-2H3,(H,34,38)(H,33,35,39)/t29?,30-/m1/s1. The Kier molecular flexibility index (Phi) is 6.53. The van der Waals surface area contributed by atoms with Crippen LogP contribution in [0.15, 0.2) is 54.7 Å². The number of methoxy groups -OCH3 is 1. The third-order valence-corrected chi connectivity index (χ3v) is 8.37. The van der Waals surface area contributed by atoms with Crippen molar-refractivity contribution < 1.29 is 32.7 Å². The Bertz CT molecular complexity index is 1640. The fourth-order valence-corrected chi connectivity index (χ4v) is 6.21. The van der Waals surface area contributed by atoms with Gasteiger partial charge in [-0.2, -0.15) is 0 Å². The summed E-state index contributed by atoms with van der Waals surface area (Å²) < 4.78 is 33.4. The maximum Gasteiger partial charge on any atom is 0.328 e. The van der Waals surface area contributed by atoms with Crippen molar-refractivity contribution in [2.24, 2.45) is 0 Å². The van der Waals surface area contributed by atoms with Crippen LogP contribution in [0.3, 0.4) is 0 Å². The number of fused-ring (bicyclic) bond motifs is 3. The number of nitrogens with one attached hydrogen (secondary N) is 2. The molecule has 2 N–H and O–H groups in total. The Hall–Kier alpha value is -4.71. The Morgan fingerprint density at radius 1 is 1.07 bits per heavy atom. The van der Waals surface area contributed by atoms with E-state index in [0.717, 1.165) is 38.6 Å². The Morgan fingerprint density at radius 2 is 1.81 bits per heavy atom. The first kappa shape index (κ1) is 27.5. The SMILES string of the molecule is COCCN1C(=O)N(CC(=O)Nc2ccc3c(c2)C[C@@]2(C3)C(=O)Nc3ncccc32)C(C)(c2cc(F)cc(F)c2)C1=O. The normalized spacial score (nSPS) is 22.5. The second-order valence-electron chi connectivity index (χ2n) is 10.9. The van der Waals surface area contributed by atoms with Gasteiger partial charge in [0.2, 0.25) is 11.8 Å². The zero-order chi connectivity index (χ0) is 29.8. The molecule has 1 fully saturated rings. The average molecular weight is 576 g/mol. The highest BCUT2D eigenvalue weighted by Gasteiger charge is 2.56. The first-order chi connectivity index (χ1) is 20.1. The molecule has 0 saturated carbocycles. The van der Waals surface area contributed by atoms with Crippen LogP contribution in [0.5, 0.6) is 0 Å². The lowest BCUT2D eigenvalue weighted by Crippen LogP contribution is -2.47. The van der Waals surface area contributed by atoms with Gasteiger partial charge < -0.3 is 15.4 Å². The van der Waals surface area contributed by atoms with Crippen molar-refractivity contribution in [1.82, 2.24) is 14.8 Å². The van der Waals surface area contributed by atoms with Crippen LogP contribution >= 0.6 is 0 Å². The molecule has 1 unspecified atom stereocenters. The van der Waals surface area contributed by atoms with E-state index in [9.17, 15) is 28.0 Å². The highest BCUT2D eigenvalue weighted by atomic mass is 19.1. The van der Waals surface area contributed by atoms with Gasteiger partial charge in [-0.1, -0.05) is 12.1 Å². The molecule has 3 aromatic rings. The molecule has 216 valence electrons. The van der Waals surface area contributed by atoms with E-state index in [1.165, 1.54) is 14.0 Å². The minimum absolute atomic E-state index is 0.0419. The van der Waals surface area contributed by atoms with E-state index in [1.54, 1.807) is 24.4 Å². The molecule has 1 saturated heterocycles. The van der Waals surface area contributed by atoms with Crippen molar-refractivity contribution in [3.63, 3.8) is 0 Å². The van der Waals surface area contributed by atoms with Crippen LogP contribution in [0.1, 0.15) is 29.2 Å². The molecule has 1 aliphatic carbocycles. The second kappa shape index (κ2) is 9.98. The Labute approximate surface area is 239 Å². The number of carbonyl (C=O) groups is 4. The summed E-state index contributed by atoms with van der Waals surface area (Å²) in [7, 11) is 1.41. The zero-order valence-corrected chi connectivity index (χ0v) is 22.9. The molecule has 0 bridgehead atoms. The van der Waals surface area contributed by atoms with Crippen LogP contribution in [0.25, 0.3) is 0 Å². The average Bonchev–Trinajstić information content (AvgIpc) is 3.52. The maximum absolute atomic E-state index is 14.2. The molecule has 3 heterocycles. The third kappa shape index (κ3) is 4.21. The quantitative estimate of drug-likeness (QED) is 0.418. The van der Waals surface area contributed by atoms with Crippen molar-refractivity contribution in [1.29, 1.82) is 0 Å². The summed E-state index contributed by atoms with van der Waals surface area (Å²) in [5, 5.41) is 5.63. The summed E-state index contributed by atoms with van der Waals surface area (Å²) in [5.41, 5.74) is 0.413. The summed E-state index contributed by atoms with van der Waals surface area (Å²) in [4.78, 5) is 59.3. The summed E-state index contributed by atoms with van der Waals surface area (Å²) in [6.07, 6.45) is 2.54. The highest BCUT2D eigenvalue weighted by molar-refractivity contribution is 6.09. The molecule has 12 heteroatoms. The number of halogens is 2. The van der Waals surface area contributed by atoms with Crippen LogP contribution < -0.4 is 10.6 Å². The number of urea groups is 1. The number of aromatic nitrogens is 1. The molecule has 2 aliphatic heterocycles. The number of pyridine rings is 1. The van der Waals surface area contributed by atoms with E-state index >= 15 is 0 Å². The lowest BCUT2D eigenvalue weighted by Gasteiger charge is -2.31. The topological polar surface area (TPSA) is 121 Å². The summed E-state index contributed by atoms with van der Waals surface area (Å²) >= 11 is 0. The number of rotatable bonds is 7. The van der Waals surface area contributed by atoms with E-state index in [-0.39, 0.29) is 24.6 Å². The van der Waals surface area contributed by atoms with Crippen molar-refractivity contribution >= 4 is 35.3 Å². The van der Waals surface area contributed by atoms with Gasteiger partial charge in [-0.25, -0.2) is 18.6 Å². The van der Waals surface area contributed by atoms with Gasteiger partial charge in [0.05, 0.1) is 18.6 Å². The molecule has 5 amide bonds. The van der Waals surface area contributed by atoms with Crippen LogP contribution in [0.4, 0.5) is 25.1 Å². The summed E-state index contributed by atoms with van der Waals surface area (Å²) in [6.45, 7) is 0.736. The van der Waals surface area contributed by atoms with Crippen LogP contribution in [-0.4, -0.2) is 65.3 Å². The van der Waals surface area contributed by atoms with Crippen LogP contribution in [-0.2, 0) is 42.9 Å². The highest BCUT2D eigenvalue weighted by Crippen LogP contribution is 2.47. The van der Waals surface area contributed by atoms with Crippen LogP contribution in [0, 0.1) is 11.6 Å². The van der Waals surface area contributed by atoms with Gasteiger partial charge in [0, 0.05) is 30.6 Å². The fourth-order valence-electron chi connectivity index (χ4n) is 6.21. The predicted molar refractivity (Wildman–Crippen MR) is 146 cm³/mol. The van der Waals surface area contributed by atoms with E-state index in [1.807, 2.05) is 12.1 Å². The number of nitrogens with zero attached hydrogens (tertiary/aromatic N) is 3. The van der Waals surface area contributed by atoms with Gasteiger partial charge in [0.15, 0.2) is 0 Å². The minimum Gasteiger partial charge on any atom is -0.383 e. The van der Waals surface area contributed by atoms with Crippen molar-refractivity contribution in [2.45, 2.75) is 30.7 Å². The largest absolute Gasteiger partial charge is 0.383 e. The van der Waals surface area contributed by atoms with Gasteiger partial charge in [-0.3, -0.25) is 24.2 Å². The molecule has 6 rings (SSSR count). The van der Waals surface area contributed by atoms with E-state index in [4.69, 9.17) is 4.74 Å². The number of hydrogen-bond acceptors (Lipinski definition) is 6. The maximum atomic E-state index is 14.2. The predicted octanol–water partition coefficient (Wildman–Crippen LogP) is 3.11. The first-order valence-electron chi connectivity index (χ1n) is 13.3. The molecule has 2 atom stereocenters. The number of carbonyl (C=O) groups excluding carboxylic acids is 4. The number of hydrogen-bond donors (Lipinski definition) is 2. The molecular weight excluding hydrogens is 548 g/mol. The van der Waals surface area contributed by atoms with Crippen molar-refractivity contribution in [3.8, 4) is 0 Å². The smallest absolute Gasteiger partial charge is 0.328 e.